The highest BCUT2D eigenvalue weighted by Gasteiger charge is 2.08. The molecule has 2 heterocycles. The molecule has 0 aromatic carbocycles. The minimum absolute atomic E-state index is 0.485. The van der Waals surface area contributed by atoms with E-state index in [0.717, 1.165) is 6.29 Å². The fourth-order valence-electron chi connectivity index (χ4n) is 1.06. The molecule has 0 unspecified atom stereocenters. The predicted molar refractivity (Wildman–Crippen MR) is 55.0 cm³/mol. The molecule has 0 atom stereocenters. The monoisotopic (exact) mass is 257 g/mol. The molecule has 2 aromatic heterocycles. The van der Waals surface area contributed by atoms with Gasteiger partial charge in [-0.1, -0.05) is 12.8 Å². The molecular formula is C7H4BrN3OS. The zero-order chi connectivity index (χ0) is 9.42. The van der Waals surface area contributed by atoms with Crippen molar-refractivity contribution in [2.24, 2.45) is 0 Å². The van der Waals surface area contributed by atoms with Gasteiger partial charge in [0.15, 0.2) is 11.9 Å². The maximum atomic E-state index is 10.6. The summed E-state index contributed by atoms with van der Waals surface area (Å²) >= 11 is 7.28. The predicted octanol–water partition coefficient (Wildman–Crippen LogP) is 1.70. The van der Waals surface area contributed by atoms with Gasteiger partial charge in [0.1, 0.15) is 10.1 Å². The third-order valence-electron chi connectivity index (χ3n) is 1.60. The van der Waals surface area contributed by atoms with Gasteiger partial charge >= 0.3 is 0 Å². The Kier molecular flexibility index (Phi) is 2.09. The van der Waals surface area contributed by atoms with E-state index in [-0.39, 0.29) is 0 Å². The summed E-state index contributed by atoms with van der Waals surface area (Å²) in [6, 6.07) is 0. The highest BCUT2D eigenvalue weighted by Crippen LogP contribution is 2.18. The standard InChI is InChI=1S/C7H4BrN3OS/c8-5-1-9-7-6(10-5)4(3-12)2-11(7)13/h1-3,13H. The third-order valence-corrected chi connectivity index (χ3v) is 2.29. The van der Waals surface area contributed by atoms with Gasteiger partial charge in [0, 0.05) is 6.20 Å². The van der Waals surface area contributed by atoms with Crippen LogP contribution in [0.4, 0.5) is 0 Å². The van der Waals surface area contributed by atoms with Gasteiger partial charge in [0.25, 0.3) is 0 Å². The first kappa shape index (κ1) is 8.71. The molecule has 4 nitrogen and oxygen atoms in total. The second kappa shape index (κ2) is 3.12. The molecule has 0 amide bonds. The van der Waals surface area contributed by atoms with E-state index in [0.29, 0.717) is 21.3 Å². The maximum Gasteiger partial charge on any atom is 0.169 e. The Hall–Kier alpha value is -0.880. The van der Waals surface area contributed by atoms with Gasteiger partial charge in [0.05, 0.1) is 11.8 Å². The molecule has 66 valence electrons. The number of hydrogen-bond donors (Lipinski definition) is 1. The summed E-state index contributed by atoms with van der Waals surface area (Å²) in [5.41, 5.74) is 1.62. The Morgan fingerprint density at radius 1 is 1.62 bits per heavy atom. The average Bonchev–Trinajstić information content (AvgIpc) is 2.42. The number of nitrogens with zero attached hydrogens (tertiary/aromatic N) is 3. The van der Waals surface area contributed by atoms with E-state index < -0.39 is 0 Å². The van der Waals surface area contributed by atoms with Crippen molar-refractivity contribution >= 4 is 46.2 Å². The van der Waals surface area contributed by atoms with E-state index in [9.17, 15) is 4.79 Å². The van der Waals surface area contributed by atoms with E-state index in [2.05, 4.69) is 38.7 Å². The average molecular weight is 258 g/mol. The van der Waals surface area contributed by atoms with Crippen molar-refractivity contribution in [3.63, 3.8) is 0 Å². The van der Waals surface area contributed by atoms with Gasteiger partial charge in [-0.15, -0.1) is 0 Å². The molecule has 0 saturated heterocycles. The van der Waals surface area contributed by atoms with Crippen LogP contribution in [-0.4, -0.2) is 20.2 Å². The van der Waals surface area contributed by atoms with Gasteiger partial charge in [0.2, 0.25) is 0 Å². The smallest absolute Gasteiger partial charge is 0.169 e. The third kappa shape index (κ3) is 1.36. The molecule has 0 radical (unpaired) electrons. The molecule has 0 N–H and O–H groups in total. The Morgan fingerprint density at radius 3 is 3.08 bits per heavy atom. The normalized spacial score (nSPS) is 10.6. The SMILES string of the molecule is O=Cc1cn(S)c2ncc(Br)nc12. The van der Waals surface area contributed by atoms with Gasteiger partial charge in [-0.25, -0.2) is 9.97 Å². The lowest BCUT2D eigenvalue weighted by Gasteiger charge is -1.92. The van der Waals surface area contributed by atoms with E-state index in [4.69, 9.17) is 0 Å². The van der Waals surface area contributed by atoms with Crippen LogP contribution < -0.4 is 0 Å². The van der Waals surface area contributed by atoms with Crippen molar-refractivity contribution in [3.05, 3.63) is 22.6 Å². The minimum atomic E-state index is 0.485. The van der Waals surface area contributed by atoms with E-state index in [1.807, 2.05) is 0 Å². The highest BCUT2D eigenvalue weighted by molar-refractivity contribution is 9.10. The van der Waals surface area contributed by atoms with E-state index >= 15 is 0 Å². The lowest BCUT2D eigenvalue weighted by atomic mass is 10.3. The Balaban J connectivity index is 2.89. The summed E-state index contributed by atoms with van der Waals surface area (Å²) in [5.74, 6) is 0. The van der Waals surface area contributed by atoms with Gasteiger partial charge in [-0.05, 0) is 15.9 Å². The molecule has 2 aromatic rings. The zero-order valence-corrected chi connectivity index (χ0v) is 8.79. The van der Waals surface area contributed by atoms with Crippen LogP contribution in [-0.2, 0) is 0 Å². The Bertz CT molecular complexity index is 482. The lowest BCUT2D eigenvalue weighted by molar-refractivity contribution is 0.112. The number of hydrogen-bond acceptors (Lipinski definition) is 4. The Morgan fingerprint density at radius 2 is 2.38 bits per heavy atom. The van der Waals surface area contributed by atoms with Crippen LogP contribution in [0, 0.1) is 0 Å². The van der Waals surface area contributed by atoms with Crippen LogP contribution >= 0.6 is 28.7 Å². The van der Waals surface area contributed by atoms with Crippen molar-refractivity contribution in [2.45, 2.75) is 0 Å². The number of thiol groups is 1. The van der Waals surface area contributed by atoms with Gasteiger partial charge in [-0.3, -0.25) is 8.77 Å². The molecule has 0 aliphatic carbocycles. The van der Waals surface area contributed by atoms with Gasteiger partial charge in [-0.2, -0.15) is 0 Å². The number of carbonyl (C=O) groups excluding carboxylic acids is 1. The first-order valence-electron chi connectivity index (χ1n) is 3.40. The first-order valence-corrected chi connectivity index (χ1v) is 4.59. The maximum absolute atomic E-state index is 10.6. The van der Waals surface area contributed by atoms with Crippen LogP contribution in [0.5, 0.6) is 0 Å². The van der Waals surface area contributed by atoms with Crippen molar-refractivity contribution in [1.82, 2.24) is 13.9 Å². The molecule has 0 aliphatic rings. The second-order valence-electron chi connectivity index (χ2n) is 2.41. The van der Waals surface area contributed by atoms with Crippen LogP contribution in [0.25, 0.3) is 11.2 Å². The number of fused-ring (bicyclic) bond motifs is 1. The number of halogens is 1. The lowest BCUT2D eigenvalue weighted by Crippen LogP contribution is -1.85. The molecule has 6 heteroatoms. The molecule has 0 fully saturated rings. The summed E-state index contributed by atoms with van der Waals surface area (Å²) in [5, 5.41) is 0. The fourth-order valence-corrected chi connectivity index (χ4v) is 1.61. The zero-order valence-electron chi connectivity index (χ0n) is 6.31. The summed E-state index contributed by atoms with van der Waals surface area (Å²) in [7, 11) is 0. The number of aldehydes is 1. The molecule has 13 heavy (non-hydrogen) atoms. The quantitative estimate of drug-likeness (QED) is 0.625. The van der Waals surface area contributed by atoms with Crippen molar-refractivity contribution < 1.29 is 4.79 Å². The van der Waals surface area contributed by atoms with Crippen LogP contribution in [0.15, 0.2) is 17.0 Å². The van der Waals surface area contributed by atoms with Crippen molar-refractivity contribution in [2.75, 3.05) is 0 Å². The highest BCUT2D eigenvalue weighted by atomic mass is 79.9. The number of aromatic nitrogens is 3. The summed E-state index contributed by atoms with van der Waals surface area (Å²) in [6.07, 6.45) is 3.87. The molecule has 0 spiro atoms. The van der Waals surface area contributed by atoms with E-state index in [1.165, 1.54) is 3.97 Å². The van der Waals surface area contributed by atoms with Crippen molar-refractivity contribution in [3.8, 4) is 0 Å². The Labute approximate surface area is 87.7 Å². The summed E-state index contributed by atoms with van der Waals surface area (Å²) < 4.78 is 2.07. The van der Waals surface area contributed by atoms with E-state index in [1.54, 1.807) is 12.4 Å². The topological polar surface area (TPSA) is 47.8 Å². The van der Waals surface area contributed by atoms with Crippen LogP contribution in [0.3, 0.4) is 0 Å². The molecule has 0 saturated carbocycles. The minimum Gasteiger partial charge on any atom is -0.298 e. The summed E-state index contributed by atoms with van der Waals surface area (Å²) in [4.78, 5) is 18.8. The van der Waals surface area contributed by atoms with Crippen molar-refractivity contribution in [1.29, 1.82) is 0 Å². The van der Waals surface area contributed by atoms with Gasteiger partial charge < -0.3 is 0 Å². The largest absolute Gasteiger partial charge is 0.298 e. The fraction of sp³-hybridized carbons (Fsp3) is 0. The van der Waals surface area contributed by atoms with Crippen LogP contribution in [0.1, 0.15) is 10.4 Å². The van der Waals surface area contributed by atoms with Crippen LogP contribution in [0.2, 0.25) is 0 Å². The second-order valence-corrected chi connectivity index (χ2v) is 3.66. The number of rotatable bonds is 1. The molecule has 0 bridgehead atoms. The molecule has 0 aliphatic heterocycles. The first-order chi connectivity index (χ1) is 6.22. The molecular weight excluding hydrogens is 254 g/mol. The number of carbonyl (C=O) groups is 1. The summed E-state index contributed by atoms with van der Waals surface area (Å²) in [6.45, 7) is 0. The molecule has 2 rings (SSSR count).